The summed E-state index contributed by atoms with van der Waals surface area (Å²) in [6, 6.07) is 10.6. The number of nitrogens with zero attached hydrogens (tertiary/aromatic N) is 1. The van der Waals surface area contributed by atoms with E-state index in [1.54, 1.807) is 0 Å². The number of urea groups is 1. The van der Waals surface area contributed by atoms with Gasteiger partial charge in [0.1, 0.15) is 0 Å². The lowest BCUT2D eigenvalue weighted by Gasteiger charge is -2.32. The maximum absolute atomic E-state index is 12.0. The highest BCUT2D eigenvalue weighted by Crippen LogP contribution is 2.10. The molecule has 0 saturated carbocycles. The molecule has 1 heterocycles. The Labute approximate surface area is 115 Å². The van der Waals surface area contributed by atoms with Gasteiger partial charge in [-0.05, 0) is 24.9 Å². The van der Waals surface area contributed by atoms with Crippen LogP contribution in [-0.2, 0) is 6.54 Å². The van der Waals surface area contributed by atoms with Crippen molar-refractivity contribution in [3.63, 3.8) is 0 Å². The molecule has 2 rings (SSSR count). The summed E-state index contributed by atoms with van der Waals surface area (Å²) in [5.41, 5.74) is 1.14. The molecule has 1 fully saturated rings. The molecule has 1 aliphatic heterocycles. The number of benzene rings is 1. The van der Waals surface area contributed by atoms with Crippen molar-refractivity contribution in [3.05, 3.63) is 35.9 Å². The van der Waals surface area contributed by atoms with E-state index in [9.17, 15) is 4.79 Å². The van der Waals surface area contributed by atoms with Gasteiger partial charge in [0.15, 0.2) is 0 Å². The number of nitrogens with one attached hydrogen (secondary N) is 2. The van der Waals surface area contributed by atoms with Crippen molar-refractivity contribution in [3.8, 4) is 0 Å². The molecule has 0 radical (unpaired) electrons. The van der Waals surface area contributed by atoms with Crippen LogP contribution in [0.5, 0.6) is 0 Å². The van der Waals surface area contributed by atoms with E-state index in [-0.39, 0.29) is 6.03 Å². The zero-order chi connectivity index (χ0) is 13.5. The Morgan fingerprint density at radius 2 is 1.95 bits per heavy atom. The SMILES string of the molecule is CCNC1CCN(C(=O)NCc2ccccc2)CC1. The van der Waals surface area contributed by atoms with Crippen LogP contribution >= 0.6 is 0 Å². The minimum absolute atomic E-state index is 0.0544. The Kier molecular flexibility index (Phi) is 5.21. The van der Waals surface area contributed by atoms with Gasteiger partial charge >= 0.3 is 6.03 Å². The van der Waals surface area contributed by atoms with Gasteiger partial charge in [-0.15, -0.1) is 0 Å². The molecule has 1 aromatic rings. The Hall–Kier alpha value is -1.55. The molecule has 0 unspecified atom stereocenters. The predicted octanol–water partition coefficient (Wildman–Crippen LogP) is 1.97. The van der Waals surface area contributed by atoms with Crippen LogP contribution in [0.2, 0.25) is 0 Å². The Bertz CT molecular complexity index is 386. The number of carbonyl (C=O) groups is 1. The topological polar surface area (TPSA) is 44.4 Å². The van der Waals surface area contributed by atoms with Gasteiger partial charge in [0.25, 0.3) is 0 Å². The Balaban J connectivity index is 1.73. The first-order valence-electron chi connectivity index (χ1n) is 7.09. The third-order valence-corrected chi connectivity index (χ3v) is 3.56. The molecule has 1 aliphatic rings. The monoisotopic (exact) mass is 261 g/mol. The molecule has 1 aromatic carbocycles. The molecule has 0 atom stereocenters. The minimum Gasteiger partial charge on any atom is -0.334 e. The van der Waals surface area contributed by atoms with Crippen molar-refractivity contribution >= 4 is 6.03 Å². The van der Waals surface area contributed by atoms with Gasteiger partial charge in [-0.1, -0.05) is 37.3 Å². The van der Waals surface area contributed by atoms with Gasteiger partial charge < -0.3 is 15.5 Å². The third kappa shape index (κ3) is 4.24. The molecular formula is C15H23N3O. The first-order valence-corrected chi connectivity index (χ1v) is 7.09. The average molecular weight is 261 g/mol. The minimum atomic E-state index is 0.0544. The van der Waals surface area contributed by atoms with Gasteiger partial charge in [-0.2, -0.15) is 0 Å². The molecule has 4 heteroatoms. The second-order valence-corrected chi connectivity index (χ2v) is 4.96. The molecule has 0 aromatic heterocycles. The summed E-state index contributed by atoms with van der Waals surface area (Å²) in [6.07, 6.45) is 2.10. The standard InChI is InChI=1S/C15H23N3O/c1-2-16-14-8-10-18(11-9-14)15(19)17-12-13-6-4-3-5-7-13/h3-7,14,16H,2,8-12H2,1H3,(H,17,19). The molecule has 0 aliphatic carbocycles. The average Bonchev–Trinajstić information content (AvgIpc) is 2.47. The van der Waals surface area contributed by atoms with E-state index in [0.29, 0.717) is 12.6 Å². The van der Waals surface area contributed by atoms with Crippen LogP contribution in [0.1, 0.15) is 25.3 Å². The van der Waals surface area contributed by atoms with Gasteiger partial charge in [-0.3, -0.25) is 0 Å². The molecule has 1 saturated heterocycles. The van der Waals surface area contributed by atoms with Crippen LogP contribution in [0.3, 0.4) is 0 Å². The first kappa shape index (κ1) is 13.9. The molecule has 104 valence electrons. The lowest BCUT2D eigenvalue weighted by molar-refractivity contribution is 0.176. The smallest absolute Gasteiger partial charge is 0.317 e. The van der Waals surface area contributed by atoms with E-state index in [2.05, 4.69) is 17.6 Å². The van der Waals surface area contributed by atoms with E-state index >= 15 is 0 Å². The second-order valence-electron chi connectivity index (χ2n) is 4.96. The normalized spacial score (nSPS) is 16.4. The number of likely N-dealkylation sites (tertiary alicyclic amines) is 1. The maximum atomic E-state index is 12.0. The summed E-state index contributed by atoms with van der Waals surface area (Å²) >= 11 is 0. The molecule has 2 amide bonds. The van der Waals surface area contributed by atoms with Crippen molar-refractivity contribution in [2.75, 3.05) is 19.6 Å². The zero-order valence-corrected chi connectivity index (χ0v) is 11.6. The lowest BCUT2D eigenvalue weighted by Crippen LogP contribution is -2.48. The fourth-order valence-electron chi connectivity index (χ4n) is 2.46. The maximum Gasteiger partial charge on any atom is 0.317 e. The van der Waals surface area contributed by atoms with Gasteiger partial charge in [0, 0.05) is 25.7 Å². The van der Waals surface area contributed by atoms with Gasteiger partial charge in [-0.25, -0.2) is 4.79 Å². The fourth-order valence-corrected chi connectivity index (χ4v) is 2.46. The highest BCUT2D eigenvalue weighted by Gasteiger charge is 2.21. The predicted molar refractivity (Wildman–Crippen MR) is 76.9 cm³/mol. The summed E-state index contributed by atoms with van der Waals surface area (Å²) in [5.74, 6) is 0. The van der Waals surface area contributed by atoms with Crippen LogP contribution < -0.4 is 10.6 Å². The van der Waals surface area contributed by atoms with Crippen molar-refractivity contribution in [1.82, 2.24) is 15.5 Å². The van der Waals surface area contributed by atoms with E-state index in [1.807, 2.05) is 35.2 Å². The van der Waals surface area contributed by atoms with E-state index in [0.717, 1.165) is 38.0 Å². The van der Waals surface area contributed by atoms with Crippen molar-refractivity contribution in [2.24, 2.45) is 0 Å². The zero-order valence-electron chi connectivity index (χ0n) is 11.6. The number of rotatable bonds is 4. The summed E-state index contributed by atoms with van der Waals surface area (Å²) < 4.78 is 0. The summed E-state index contributed by atoms with van der Waals surface area (Å²) in [7, 11) is 0. The summed E-state index contributed by atoms with van der Waals surface area (Å²) in [4.78, 5) is 13.9. The van der Waals surface area contributed by atoms with Crippen LogP contribution in [0, 0.1) is 0 Å². The van der Waals surface area contributed by atoms with Crippen molar-refractivity contribution in [2.45, 2.75) is 32.4 Å². The number of piperidine rings is 1. The molecular weight excluding hydrogens is 238 g/mol. The third-order valence-electron chi connectivity index (χ3n) is 3.56. The Morgan fingerprint density at radius 1 is 1.26 bits per heavy atom. The lowest BCUT2D eigenvalue weighted by atomic mass is 10.1. The summed E-state index contributed by atoms with van der Waals surface area (Å²) in [5, 5.41) is 6.43. The number of hydrogen-bond donors (Lipinski definition) is 2. The quantitative estimate of drug-likeness (QED) is 0.870. The molecule has 4 nitrogen and oxygen atoms in total. The number of carbonyl (C=O) groups excluding carboxylic acids is 1. The number of hydrogen-bond acceptors (Lipinski definition) is 2. The van der Waals surface area contributed by atoms with E-state index < -0.39 is 0 Å². The van der Waals surface area contributed by atoms with Gasteiger partial charge in [0.05, 0.1) is 0 Å². The van der Waals surface area contributed by atoms with E-state index in [4.69, 9.17) is 0 Å². The van der Waals surface area contributed by atoms with Gasteiger partial charge in [0.2, 0.25) is 0 Å². The fraction of sp³-hybridized carbons (Fsp3) is 0.533. The Morgan fingerprint density at radius 3 is 2.58 bits per heavy atom. The number of amides is 2. The highest BCUT2D eigenvalue weighted by molar-refractivity contribution is 5.74. The highest BCUT2D eigenvalue weighted by atomic mass is 16.2. The summed E-state index contributed by atoms with van der Waals surface area (Å²) in [6.45, 7) is 5.42. The first-order chi connectivity index (χ1) is 9.29. The van der Waals surface area contributed by atoms with Crippen molar-refractivity contribution in [1.29, 1.82) is 0 Å². The van der Waals surface area contributed by atoms with Crippen LogP contribution in [0.25, 0.3) is 0 Å². The molecule has 0 spiro atoms. The van der Waals surface area contributed by atoms with Crippen molar-refractivity contribution < 1.29 is 4.79 Å². The second kappa shape index (κ2) is 7.14. The molecule has 2 N–H and O–H groups in total. The largest absolute Gasteiger partial charge is 0.334 e. The molecule has 19 heavy (non-hydrogen) atoms. The van der Waals surface area contributed by atoms with E-state index in [1.165, 1.54) is 0 Å². The molecule has 0 bridgehead atoms. The van der Waals surface area contributed by atoms with Crippen LogP contribution in [0.4, 0.5) is 4.79 Å². The van der Waals surface area contributed by atoms with Crippen LogP contribution in [0.15, 0.2) is 30.3 Å². The van der Waals surface area contributed by atoms with Crippen LogP contribution in [-0.4, -0.2) is 36.6 Å².